The molecule has 2 nitrogen and oxygen atoms in total. The monoisotopic (exact) mass is 250 g/mol. The SMILES string of the molecule is O=C1CC(OCC2CCCC2)C12CCCCCC2. The van der Waals surface area contributed by atoms with Gasteiger partial charge < -0.3 is 4.74 Å². The first-order chi connectivity index (χ1) is 8.81. The molecule has 0 bridgehead atoms. The summed E-state index contributed by atoms with van der Waals surface area (Å²) in [5, 5.41) is 0. The normalized spacial score (nSPS) is 32.4. The van der Waals surface area contributed by atoms with Crippen molar-refractivity contribution < 1.29 is 9.53 Å². The van der Waals surface area contributed by atoms with Crippen molar-refractivity contribution in [3.8, 4) is 0 Å². The molecule has 0 amide bonds. The molecular weight excluding hydrogens is 224 g/mol. The molecule has 1 atom stereocenters. The summed E-state index contributed by atoms with van der Waals surface area (Å²) < 4.78 is 6.16. The Labute approximate surface area is 110 Å². The molecule has 0 heterocycles. The van der Waals surface area contributed by atoms with Crippen LogP contribution in [-0.4, -0.2) is 18.5 Å². The lowest BCUT2D eigenvalue weighted by Gasteiger charge is -2.47. The van der Waals surface area contributed by atoms with Crippen molar-refractivity contribution in [3.63, 3.8) is 0 Å². The van der Waals surface area contributed by atoms with Crippen molar-refractivity contribution in [2.24, 2.45) is 11.3 Å². The van der Waals surface area contributed by atoms with Gasteiger partial charge in [0.15, 0.2) is 0 Å². The first kappa shape index (κ1) is 12.7. The average Bonchev–Trinajstić information content (AvgIpc) is 2.75. The van der Waals surface area contributed by atoms with E-state index in [9.17, 15) is 4.79 Å². The van der Waals surface area contributed by atoms with Gasteiger partial charge in [-0.2, -0.15) is 0 Å². The molecule has 102 valence electrons. The molecule has 3 fully saturated rings. The van der Waals surface area contributed by atoms with Crippen LogP contribution in [0.5, 0.6) is 0 Å². The largest absolute Gasteiger partial charge is 0.376 e. The summed E-state index contributed by atoms with van der Waals surface area (Å²) >= 11 is 0. The van der Waals surface area contributed by atoms with E-state index in [0.717, 1.165) is 25.4 Å². The van der Waals surface area contributed by atoms with Gasteiger partial charge >= 0.3 is 0 Å². The third-order valence-corrected chi connectivity index (χ3v) is 5.55. The van der Waals surface area contributed by atoms with Gasteiger partial charge in [-0.1, -0.05) is 38.5 Å². The quantitative estimate of drug-likeness (QED) is 0.760. The molecular formula is C16H26O2. The Morgan fingerprint density at radius 1 is 1.00 bits per heavy atom. The van der Waals surface area contributed by atoms with Crippen LogP contribution in [-0.2, 0) is 9.53 Å². The predicted octanol–water partition coefficient (Wildman–Crippen LogP) is 3.88. The topological polar surface area (TPSA) is 26.3 Å². The molecule has 1 spiro atoms. The maximum Gasteiger partial charge on any atom is 0.144 e. The Morgan fingerprint density at radius 2 is 1.67 bits per heavy atom. The molecule has 0 aromatic rings. The first-order valence-electron chi connectivity index (χ1n) is 7.96. The van der Waals surface area contributed by atoms with Crippen molar-refractivity contribution in [2.45, 2.75) is 76.7 Å². The molecule has 0 radical (unpaired) electrons. The standard InChI is InChI=1S/C16H26O2/c17-14-11-15(18-12-13-7-3-4-8-13)16(14)9-5-1-2-6-10-16/h13,15H,1-12H2. The first-order valence-corrected chi connectivity index (χ1v) is 7.96. The Hall–Kier alpha value is -0.370. The predicted molar refractivity (Wildman–Crippen MR) is 71.5 cm³/mol. The zero-order valence-corrected chi connectivity index (χ0v) is 11.5. The summed E-state index contributed by atoms with van der Waals surface area (Å²) in [7, 11) is 0. The van der Waals surface area contributed by atoms with Crippen molar-refractivity contribution in [1.29, 1.82) is 0 Å². The summed E-state index contributed by atoms with van der Waals surface area (Å²) in [6.07, 6.45) is 13.7. The summed E-state index contributed by atoms with van der Waals surface area (Å²) in [6, 6.07) is 0. The highest BCUT2D eigenvalue weighted by molar-refractivity contribution is 5.92. The van der Waals surface area contributed by atoms with Gasteiger partial charge in [0, 0.05) is 13.0 Å². The van der Waals surface area contributed by atoms with Gasteiger partial charge in [-0.25, -0.2) is 0 Å². The minimum absolute atomic E-state index is 0.0465. The Bertz CT molecular complexity index is 296. The number of carbonyl (C=O) groups is 1. The van der Waals surface area contributed by atoms with E-state index in [0.29, 0.717) is 12.2 Å². The highest BCUT2D eigenvalue weighted by atomic mass is 16.5. The number of hydrogen-bond donors (Lipinski definition) is 0. The molecule has 0 N–H and O–H groups in total. The fourth-order valence-corrected chi connectivity index (χ4v) is 4.22. The van der Waals surface area contributed by atoms with Crippen molar-refractivity contribution in [2.75, 3.05) is 6.61 Å². The lowest BCUT2D eigenvalue weighted by Crippen LogP contribution is -2.55. The third kappa shape index (κ3) is 2.24. The van der Waals surface area contributed by atoms with Gasteiger partial charge in [-0.3, -0.25) is 4.79 Å². The van der Waals surface area contributed by atoms with E-state index in [-0.39, 0.29) is 11.5 Å². The van der Waals surface area contributed by atoms with Crippen LogP contribution in [0.1, 0.15) is 70.6 Å². The second-order valence-corrected chi connectivity index (χ2v) is 6.67. The van der Waals surface area contributed by atoms with Gasteiger partial charge in [-0.05, 0) is 31.6 Å². The lowest BCUT2D eigenvalue weighted by atomic mass is 9.60. The number of ether oxygens (including phenoxy) is 1. The molecule has 1 unspecified atom stereocenters. The summed E-state index contributed by atoms with van der Waals surface area (Å²) in [6.45, 7) is 0.916. The second kappa shape index (κ2) is 5.32. The molecule has 18 heavy (non-hydrogen) atoms. The van der Waals surface area contributed by atoms with Gasteiger partial charge in [0.2, 0.25) is 0 Å². The number of ketones is 1. The third-order valence-electron chi connectivity index (χ3n) is 5.55. The van der Waals surface area contributed by atoms with E-state index in [4.69, 9.17) is 4.74 Å². The van der Waals surface area contributed by atoms with Crippen LogP contribution in [0.15, 0.2) is 0 Å². The molecule has 0 aromatic carbocycles. The molecule has 2 heteroatoms. The van der Waals surface area contributed by atoms with Crippen molar-refractivity contribution in [3.05, 3.63) is 0 Å². The minimum atomic E-state index is -0.0465. The van der Waals surface area contributed by atoms with E-state index in [1.54, 1.807) is 0 Å². The molecule has 3 aliphatic carbocycles. The fourth-order valence-electron chi connectivity index (χ4n) is 4.22. The van der Waals surface area contributed by atoms with Crippen LogP contribution in [0.4, 0.5) is 0 Å². The van der Waals surface area contributed by atoms with E-state index >= 15 is 0 Å². The zero-order chi connectivity index (χ0) is 12.4. The molecule has 3 saturated carbocycles. The molecule has 0 aliphatic heterocycles. The maximum atomic E-state index is 12.1. The van der Waals surface area contributed by atoms with Crippen LogP contribution >= 0.6 is 0 Å². The molecule has 3 aliphatic rings. The van der Waals surface area contributed by atoms with Crippen molar-refractivity contribution in [1.82, 2.24) is 0 Å². The highest BCUT2D eigenvalue weighted by Gasteiger charge is 2.54. The highest BCUT2D eigenvalue weighted by Crippen LogP contribution is 2.49. The van der Waals surface area contributed by atoms with Gasteiger partial charge in [0.25, 0.3) is 0 Å². The summed E-state index contributed by atoms with van der Waals surface area (Å²) in [5.74, 6) is 1.28. The Balaban J connectivity index is 1.56. The van der Waals surface area contributed by atoms with E-state index < -0.39 is 0 Å². The number of hydrogen-bond acceptors (Lipinski definition) is 2. The smallest absolute Gasteiger partial charge is 0.144 e. The van der Waals surface area contributed by atoms with Crippen LogP contribution in [0.2, 0.25) is 0 Å². The van der Waals surface area contributed by atoms with Crippen LogP contribution in [0.25, 0.3) is 0 Å². The number of carbonyl (C=O) groups excluding carboxylic acids is 1. The molecule has 0 aromatic heterocycles. The Morgan fingerprint density at radius 3 is 2.28 bits per heavy atom. The number of rotatable bonds is 3. The van der Waals surface area contributed by atoms with Crippen molar-refractivity contribution >= 4 is 5.78 Å². The fraction of sp³-hybridized carbons (Fsp3) is 0.938. The minimum Gasteiger partial charge on any atom is -0.376 e. The van der Waals surface area contributed by atoms with Crippen LogP contribution < -0.4 is 0 Å². The second-order valence-electron chi connectivity index (χ2n) is 6.67. The maximum absolute atomic E-state index is 12.1. The van der Waals surface area contributed by atoms with Gasteiger partial charge in [-0.15, -0.1) is 0 Å². The average molecular weight is 250 g/mol. The van der Waals surface area contributed by atoms with E-state index in [1.165, 1.54) is 51.4 Å². The number of Topliss-reactive ketones (excluding diaryl/α,β-unsaturated/α-hetero) is 1. The van der Waals surface area contributed by atoms with Gasteiger partial charge in [0.05, 0.1) is 11.5 Å². The van der Waals surface area contributed by atoms with Gasteiger partial charge in [0.1, 0.15) is 5.78 Å². The van der Waals surface area contributed by atoms with Crippen LogP contribution in [0.3, 0.4) is 0 Å². The Kier molecular flexibility index (Phi) is 3.74. The zero-order valence-electron chi connectivity index (χ0n) is 11.5. The van der Waals surface area contributed by atoms with Crippen LogP contribution in [0, 0.1) is 11.3 Å². The summed E-state index contributed by atoms with van der Waals surface area (Å²) in [4.78, 5) is 12.1. The van der Waals surface area contributed by atoms with E-state index in [1.807, 2.05) is 0 Å². The summed E-state index contributed by atoms with van der Waals surface area (Å²) in [5.41, 5.74) is -0.0465. The lowest BCUT2D eigenvalue weighted by molar-refractivity contribution is -0.168. The molecule has 3 rings (SSSR count). The molecule has 0 saturated heterocycles. The van der Waals surface area contributed by atoms with E-state index in [2.05, 4.69) is 0 Å².